The topological polar surface area (TPSA) is 29.3 Å². The van der Waals surface area contributed by atoms with Crippen molar-refractivity contribution in [1.29, 1.82) is 0 Å². The van der Waals surface area contributed by atoms with Crippen molar-refractivity contribution in [2.75, 3.05) is 6.54 Å². The van der Waals surface area contributed by atoms with Gasteiger partial charge in [-0.05, 0) is 48.1 Å². The number of nitrogens with zero attached hydrogens (tertiary/aromatic N) is 1. The van der Waals surface area contributed by atoms with Crippen LogP contribution in [0, 0.1) is 0 Å². The number of rotatable bonds is 3. The molecule has 106 valence electrons. The summed E-state index contributed by atoms with van der Waals surface area (Å²) in [6.07, 6.45) is 1.13. The predicted molar refractivity (Wildman–Crippen MR) is 86.3 cm³/mol. The minimum atomic E-state index is 0.0939. The van der Waals surface area contributed by atoms with Gasteiger partial charge in [-0.15, -0.1) is 11.3 Å². The molecular weight excluding hydrogens is 288 g/mol. The molecule has 0 spiro atoms. The van der Waals surface area contributed by atoms with Crippen LogP contribution in [0.25, 0.3) is 0 Å². The average Bonchev–Trinajstić information content (AvgIpc) is 2.88. The van der Waals surface area contributed by atoms with Crippen molar-refractivity contribution in [3.8, 4) is 0 Å². The lowest BCUT2D eigenvalue weighted by atomic mass is 9.96. The van der Waals surface area contributed by atoms with Gasteiger partial charge >= 0.3 is 0 Å². The Hall–Kier alpha value is -0.870. The molecule has 0 amide bonds. The second kappa shape index (κ2) is 5.86. The van der Waals surface area contributed by atoms with Crippen LogP contribution in [0.4, 0.5) is 0 Å². The smallest absolute Gasteiger partial charge is 0.0500 e. The van der Waals surface area contributed by atoms with Crippen LogP contribution in [0.3, 0.4) is 0 Å². The number of hydrogen-bond acceptors (Lipinski definition) is 3. The highest BCUT2D eigenvalue weighted by Crippen LogP contribution is 2.32. The molecular formula is C16H19ClN2S. The van der Waals surface area contributed by atoms with Crippen LogP contribution in [-0.4, -0.2) is 17.5 Å². The number of nitrogens with two attached hydrogens (primary N) is 1. The maximum Gasteiger partial charge on any atom is 0.0500 e. The van der Waals surface area contributed by atoms with Crippen molar-refractivity contribution < 1.29 is 0 Å². The van der Waals surface area contributed by atoms with E-state index < -0.39 is 0 Å². The first-order valence-corrected chi connectivity index (χ1v) is 8.21. The molecule has 20 heavy (non-hydrogen) atoms. The molecule has 0 radical (unpaired) electrons. The highest BCUT2D eigenvalue weighted by Gasteiger charge is 2.27. The van der Waals surface area contributed by atoms with E-state index in [0.29, 0.717) is 0 Å². The van der Waals surface area contributed by atoms with E-state index in [0.717, 1.165) is 24.5 Å². The third-order valence-electron chi connectivity index (χ3n) is 3.94. The zero-order chi connectivity index (χ0) is 14.1. The molecule has 1 aliphatic rings. The Morgan fingerprint density at radius 1 is 1.25 bits per heavy atom. The van der Waals surface area contributed by atoms with Gasteiger partial charge in [0, 0.05) is 35.1 Å². The largest absolute Gasteiger partial charge is 0.326 e. The van der Waals surface area contributed by atoms with Crippen molar-refractivity contribution in [3.05, 3.63) is 56.7 Å². The van der Waals surface area contributed by atoms with Crippen LogP contribution in [0.2, 0.25) is 5.02 Å². The second-order valence-corrected chi connectivity index (χ2v) is 6.88. The normalized spacial score (nSPS) is 18.6. The third kappa shape index (κ3) is 2.77. The van der Waals surface area contributed by atoms with Gasteiger partial charge in [-0.25, -0.2) is 0 Å². The third-order valence-corrected chi connectivity index (χ3v) is 5.22. The Labute approximate surface area is 129 Å². The van der Waals surface area contributed by atoms with Crippen molar-refractivity contribution in [2.24, 2.45) is 5.73 Å². The van der Waals surface area contributed by atoms with Crippen molar-refractivity contribution in [2.45, 2.75) is 32.0 Å². The molecule has 2 N–H and O–H groups in total. The lowest BCUT2D eigenvalue weighted by molar-refractivity contribution is 0.161. The zero-order valence-electron chi connectivity index (χ0n) is 11.6. The van der Waals surface area contributed by atoms with Crippen molar-refractivity contribution in [3.63, 3.8) is 0 Å². The van der Waals surface area contributed by atoms with Crippen molar-refractivity contribution >= 4 is 22.9 Å². The first-order chi connectivity index (χ1) is 9.65. The summed E-state index contributed by atoms with van der Waals surface area (Å²) in [5.74, 6) is 0. The highest BCUT2D eigenvalue weighted by molar-refractivity contribution is 7.10. The number of hydrogen-bond donors (Lipinski definition) is 1. The van der Waals surface area contributed by atoms with E-state index in [4.69, 9.17) is 17.3 Å². The zero-order valence-corrected chi connectivity index (χ0v) is 13.1. The molecule has 3 rings (SSSR count). The SMILES string of the molecule is CC(N)C(c1ccc(Cl)cc1)N1CCc2sccc2C1. The fourth-order valence-corrected chi connectivity index (χ4v) is 4.03. The average molecular weight is 307 g/mol. The molecule has 1 aromatic carbocycles. The Balaban J connectivity index is 1.87. The van der Waals surface area contributed by atoms with E-state index in [1.54, 1.807) is 0 Å². The Morgan fingerprint density at radius 2 is 2.00 bits per heavy atom. The van der Waals surface area contributed by atoms with Gasteiger partial charge < -0.3 is 5.73 Å². The van der Waals surface area contributed by atoms with E-state index >= 15 is 0 Å². The maximum absolute atomic E-state index is 6.26. The van der Waals surface area contributed by atoms with Crippen LogP contribution in [0.5, 0.6) is 0 Å². The number of benzene rings is 1. The summed E-state index contributed by atoms with van der Waals surface area (Å²) in [6, 6.07) is 10.7. The van der Waals surface area contributed by atoms with Gasteiger partial charge in [-0.1, -0.05) is 23.7 Å². The van der Waals surface area contributed by atoms with Crippen LogP contribution in [0.1, 0.15) is 29.0 Å². The summed E-state index contributed by atoms with van der Waals surface area (Å²) in [5, 5.41) is 2.97. The van der Waals surface area contributed by atoms with Gasteiger partial charge in [-0.3, -0.25) is 4.90 Å². The van der Waals surface area contributed by atoms with Crippen LogP contribution >= 0.6 is 22.9 Å². The standard InChI is InChI=1S/C16H19ClN2S/c1-11(18)16(12-2-4-14(17)5-3-12)19-8-6-15-13(10-19)7-9-20-15/h2-5,7,9,11,16H,6,8,10,18H2,1H3. The summed E-state index contributed by atoms with van der Waals surface area (Å²) in [4.78, 5) is 4.02. The van der Waals surface area contributed by atoms with E-state index in [1.165, 1.54) is 16.0 Å². The van der Waals surface area contributed by atoms with Gasteiger partial charge in [0.1, 0.15) is 0 Å². The molecule has 2 heterocycles. The summed E-state index contributed by atoms with van der Waals surface area (Å²) in [5.41, 5.74) is 8.97. The fourth-order valence-electron chi connectivity index (χ4n) is 3.01. The Kier molecular flexibility index (Phi) is 4.13. The molecule has 0 bridgehead atoms. The van der Waals surface area contributed by atoms with Gasteiger partial charge in [0.25, 0.3) is 0 Å². The number of fused-ring (bicyclic) bond motifs is 1. The van der Waals surface area contributed by atoms with Gasteiger partial charge in [0.2, 0.25) is 0 Å². The second-order valence-electron chi connectivity index (χ2n) is 5.44. The number of thiophene rings is 1. The quantitative estimate of drug-likeness (QED) is 0.933. The lowest BCUT2D eigenvalue weighted by Crippen LogP contribution is -2.41. The molecule has 1 aromatic heterocycles. The first-order valence-electron chi connectivity index (χ1n) is 6.95. The fraction of sp³-hybridized carbons (Fsp3) is 0.375. The number of halogens is 1. The summed E-state index contributed by atoms with van der Waals surface area (Å²) in [7, 11) is 0. The molecule has 1 aliphatic heterocycles. The Bertz CT molecular complexity index is 576. The molecule has 2 nitrogen and oxygen atoms in total. The van der Waals surface area contributed by atoms with Crippen LogP contribution < -0.4 is 5.73 Å². The Morgan fingerprint density at radius 3 is 2.70 bits per heavy atom. The van der Waals surface area contributed by atoms with E-state index in [9.17, 15) is 0 Å². The predicted octanol–water partition coefficient (Wildman–Crippen LogP) is 3.85. The van der Waals surface area contributed by atoms with Gasteiger partial charge in [0.15, 0.2) is 0 Å². The summed E-state index contributed by atoms with van der Waals surface area (Å²) in [6.45, 7) is 4.15. The van der Waals surface area contributed by atoms with E-state index in [-0.39, 0.29) is 12.1 Å². The molecule has 0 saturated carbocycles. The molecule has 0 saturated heterocycles. The maximum atomic E-state index is 6.26. The van der Waals surface area contributed by atoms with Gasteiger partial charge in [0.05, 0.1) is 0 Å². The summed E-state index contributed by atoms with van der Waals surface area (Å²) >= 11 is 7.86. The minimum Gasteiger partial charge on any atom is -0.326 e. The summed E-state index contributed by atoms with van der Waals surface area (Å²) < 4.78 is 0. The minimum absolute atomic E-state index is 0.0939. The monoisotopic (exact) mass is 306 g/mol. The molecule has 0 aliphatic carbocycles. The van der Waals surface area contributed by atoms with Gasteiger partial charge in [-0.2, -0.15) is 0 Å². The molecule has 2 aromatic rings. The van der Waals surface area contributed by atoms with Crippen LogP contribution in [0.15, 0.2) is 35.7 Å². The van der Waals surface area contributed by atoms with E-state index in [1.807, 2.05) is 23.5 Å². The molecule has 0 fully saturated rings. The first kappa shape index (κ1) is 14.1. The molecule has 2 unspecified atom stereocenters. The van der Waals surface area contributed by atoms with Crippen LogP contribution in [-0.2, 0) is 13.0 Å². The molecule has 2 atom stereocenters. The van der Waals surface area contributed by atoms with Crippen molar-refractivity contribution in [1.82, 2.24) is 4.90 Å². The lowest BCUT2D eigenvalue weighted by Gasteiger charge is -2.37. The highest BCUT2D eigenvalue weighted by atomic mass is 35.5. The van der Waals surface area contributed by atoms with E-state index in [2.05, 4.69) is 35.4 Å². The molecule has 4 heteroatoms.